The Bertz CT molecular complexity index is 912. The standard InChI is InChI=1S/C21H25Cl2N3O4S/c1-21(2,3)19(29)25-8-4-5-17(27)24-9-10-26-18(28)16(31-20(26)30)11-13-6-7-14(22)12-15(13)23/h6-7,11-12H,4-5,8-10H2,1-3H3,(H,24,27)(H,25,29). The van der Waals surface area contributed by atoms with Crippen LogP contribution >= 0.6 is 35.0 Å². The molecule has 0 bridgehead atoms. The normalized spacial score (nSPS) is 15.5. The first-order chi connectivity index (χ1) is 14.5. The number of nitrogens with zero attached hydrogens (tertiary/aromatic N) is 1. The Morgan fingerprint density at radius 3 is 2.48 bits per heavy atom. The molecule has 0 aromatic heterocycles. The zero-order chi connectivity index (χ0) is 23.2. The lowest BCUT2D eigenvalue weighted by Crippen LogP contribution is -2.38. The summed E-state index contributed by atoms with van der Waals surface area (Å²) in [6.45, 7) is 6.09. The van der Waals surface area contributed by atoms with Crippen LogP contribution in [-0.2, 0) is 14.4 Å². The third-order valence-electron chi connectivity index (χ3n) is 4.33. The summed E-state index contributed by atoms with van der Waals surface area (Å²) in [5.74, 6) is -0.708. The second-order valence-electron chi connectivity index (χ2n) is 7.96. The first kappa shape index (κ1) is 25.2. The number of hydrogen-bond donors (Lipinski definition) is 2. The highest BCUT2D eigenvalue weighted by atomic mass is 35.5. The van der Waals surface area contributed by atoms with Crippen LogP contribution in [0.15, 0.2) is 23.1 Å². The van der Waals surface area contributed by atoms with Crippen LogP contribution in [0.4, 0.5) is 4.79 Å². The second-order valence-corrected chi connectivity index (χ2v) is 9.80. The molecule has 2 N–H and O–H groups in total. The molecule has 0 atom stereocenters. The highest BCUT2D eigenvalue weighted by Crippen LogP contribution is 2.33. The van der Waals surface area contributed by atoms with Crippen LogP contribution in [-0.4, -0.2) is 47.5 Å². The summed E-state index contributed by atoms with van der Waals surface area (Å²) >= 11 is 12.8. The van der Waals surface area contributed by atoms with Gasteiger partial charge in [0.2, 0.25) is 11.8 Å². The molecule has 1 saturated heterocycles. The van der Waals surface area contributed by atoms with Gasteiger partial charge in [0, 0.05) is 41.5 Å². The Kier molecular flexibility index (Phi) is 8.97. The number of thioether (sulfide) groups is 1. The number of imide groups is 1. The van der Waals surface area contributed by atoms with E-state index in [0.29, 0.717) is 28.6 Å². The monoisotopic (exact) mass is 485 g/mol. The highest BCUT2D eigenvalue weighted by Gasteiger charge is 2.34. The Balaban J connectivity index is 1.77. The van der Waals surface area contributed by atoms with E-state index in [-0.39, 0.29) is 36.2 Å². The van der Waals surface area contributed by atoms with E-state index >= 15 is 0 Å². The molecule has 0 unspecified atom stereocenters. The number of hydrogen-bond acceptors (Lipinski definition) is 5. The van der Waals surface area contributed by atoms with Gasteiger partial charge in [0.05, 0.1) is 4.91 Å². The maximum Gasteiger partial charge on any atom is 0.293 e. The highest BCUT2D eigenvalue weighted by molar-refractivity contribution is 8.18. The number of amides is 4. The van der Waals surface area contributed by atoms with Gasteiger partial charge in [-0.05, 0) is 42.0 Å². The van der Waals surface area contributed by atoms with E-state index in [1.54, 1.807) is 24.3 Å². The van der Waals surface area contributed by atoms with E-state index in [1.165, 1.54) is 0 Å². The number of benzene rings is 1. The average Bonchev–Trinajstić information content (AvgIpc) is 2.93. The molecule has 168 valence electrons. The van der Waals surface area contributed by atoms with Gasteiger partial charge in [-0.1, -0.05) is 50.0 Å². The summed E-state index contributed by atoms with van der Waals surface area (Å²) in [6, 6.07) is 4.87. The predicted molar refractivity (Wildman–Crippen MR) is 124 cm³/mol. The minimum atomic E-state index is -0.471. The molecule has 1 aliphatic heterocycles. The molecule has 1 aromatic rings. The van der Waals surface area contributed by atoms with Crippen molar-refractivity contribution in [3.05, 3.63) is 38.7 Å². The summed E-state index contributed by atoms with van der Waals surface area (Å²) in [4.78, 5) is 49.7. The summed E-state index contributed by atoms with van der Waals surface area (Å²) in [6.07, 6.45) is 2.29. The minimum absolute atomic E-state index is 0.0692. The Hall–Kier alpha value is -2.03. The van der Waals surface area contributed by atoms with Crippen molar-refractivity contribution in [2.24, 2.45) is 5.41 Å². The number of halogens is 2. The Morgan fingerprint density at radius 1 is 1.13 bits per heavy atom. The molecule has 7 nitrogen and oxygen atoms in total. The van der Waals surface area contributed by atoms with Crippen molar-refractivity contribution in [3.63, 3.8) is 0 Å². The summed E-state index contributed by atoms with van der Waals surface area (Å²) in [7, 11) is 0. The summed E-state index contributed by atoms with van der Waals surface area (Å²) < 4.78 is 0. The van der Waals surface area contributed by atoms with Gasteiger partial charge in [-0.2, -0.15) is 0 Å². The van der Waals surface area contributed by atoms with E-state index in [1.807, 2.05) is 20.8 Å². The number of rotatable bonds is 8. The third-order valence-corrected chi connectivity index (χ3v) is 5.80. The molecular formula is C21H25Cl2N3O4S. The molecule has 1 fully saturated rings. The molecule has 1 aliphatic rings. The van der Waals surface area contributed by atoms with E-state index in [2.05, 4.69) is 10.6 Å². The van der Waals surface area contributed by atoms with Crippen molar-refractivity contribution in [1.82, 2.24) is 15.5 Å². The smallest absolute Gasteiger partial charge is 0.293 e. The molecule has 0 radical (unpaired) electrons. The molecule has 1 heterocycles. The van der Waals surface area contributed by atoms with Crippen molar-refractivity contribution in [2.75, 3.05) is 19.6 Å². The predicted octanol–water partition coefficient (Wildman–Crippen LogP) is 4.09. The zero-order valence-electron chi connectivity index (χ0n) is 17.6. The minimum Gasteiger partial charge on any atom is -0.356 e. The first-order valence-corrected chi connectivity index (χ1v) is 11.3. The van der Waals surface area contributed by atoms with Crippen LogP contribution in [0.5, 0.6) is 0 Å². The number of nitrogens with one attached hydrogen (secondary N) is 2. The van der Waals surface area contributed by atoms with Crippen molar-refractivity contribution in [2.45, 2.75) is 33.6 Å². The van der Waals surface area contributed by atoms with Gasteiger partial charge in [0.25, 0.3) is 11.1 Å². The number of carbonyl (C=O) groups excluding carboxylic acids is 4. The maximum absolute atomic E-state index is 12.5. The van der Waals surface area contributed by atoms with Gasteiger partial charge in [-0.3, -0.25) is 24.1 Å². The molecule has 0 spiro atoms. The van der Waals surface area contributed by atoms with Gasteiger partial charge in [0.15, 0.2) is 0 Å². The molecule has 2 rings (SSSR count). The van der Waals surface area contributed by atoms with E-state index < -0.39 is 16.6 Å². The lowest BCUT2D eigenvalue weighted by atomic mass is 9.96. The molecular weight excluding hydrogens is 461 g/mol. The van der Waals surface area contributed by atoms with Crippen LogP contribution < -0.4 is 10.6 Å². The zero-order valence-corrected chi connectivity index (χ0v) is 19.9. The molecule has 0 aliphatic carbocycles. The van der Waals surface area contributed by atoms with Gasteiger partial charge in [0.1, 0.15) is 0 Å². The van der Waals surface area contributed by atoms with Gasteiger partial charge >= 0.3 is 0 Å². The Morgan fingerprint density at radius 2 is 1.84 bits per heavy atom. The van der Waals surface area contributed by atoms with Crippen LogP contribution in [0.3, 0.4) is 0 Å². The van der Waals surface area contributed by atoms with E-state index in [4.69, 9.17) is 23.2 Å². The van der Waals surface area contributed by atoms with Crippen molar-refractivity contribution >= 4 is 64.0 Å². The van der Waals surface area contributed by atoms with Gasteiger partial charge in [-0.15, -0.1) is 0 Å². The quantitative estimate of drug-likeness (QED) is 0.426. The summed E-state index contributed by atoms with van der Waals surface area (Å²) in [5.41, 5.74) is 0.116. The SMILES string of the molecule is CC(C)(C)C(=O)NCCCC(=O)NCCN1C(=O)SC(=Cc2ccc(Cl)cc2Cl)C1=O. The maximum atomic E-state index is 12.5. The molecule has 4 amide bonds. The van der Waals surface area contributed by atoms with Crippen molar-refractivity contribution in [1.29, 1.82) is 0 Å². The topological polar surface area (TPSA) is 95.6 Å². The van der Waals surface area contributed by atoms with E-state index in [0.717, 1.165) is 16.7 Å². The fourth-order valence-electron chi connectivity index (χ4n) is 2.56. The van der Waals surface area contributed by atoms with Crippen LogP contribution in [0.25, 0.3) is 6.08 Å². The summed E-state index contributed by atoms with van der Waals surface area (Å²) in [5, 5.41) is 5.92. The lowest BCUT2D eigenvalue weighted by Gasteiger charge is -2.17. The molecule has 10 heteroatoms. The molecule has 1 aromatic carbocycles. The average molecular weight is 486 g/mol. The van der Waals surface area contributed by atoms with Crippen molar-refractivity contribution in [3.8, 4) is 0 Å². The van der Waals surface area contributed by atoms with E-state index in [9.17, 15) is 19.2 Å². The first-order valence-electron chi connectivity index (χ1n) is 9.74. The van der Waals surface area contributed by atoms with Crippen LogP contribution in [0, 0.1) is 5.41 Å². The van der Waals surface area contributed by atoms with Gasteiger partial charge in [-0.25, -0.2) is 0 Å². The molecule has 0 saturated carbocycles. The number of carbonyl (C=O) groups is 4. The lowest BCUT2D eigenvalue weighted by molar-refractivity contribution is -0.128. The third kappa shape index (κ3) is 7.55. The largest absolute Gasteiger partial charge is 0.356 e. The fraction of sp³-hybridized carbons (Fsp3) is 0.429. The molecule has 31 heavy (non-hydrogen) atoms. The van der Waals surface area contributed by atoms with Crippen LogP contribution in [0.2, 0.25) is 10.0 Å². The Labute approximate surface area is 195 Å². The fourth-order valence-corrected chi connectivity index (χ4v) is 3.88. The second kappa shape index (κ2) is 11.0. The van der Waals surface area contributed by atoms with Gasteiger partial charge < -0.3 is 10.6 Å². The van der Waals surface area contributed by atoms with Crippen molar-refractivity contribution < 1.29 is 19.2 Å². The van der Waals surface area contributed by atoms with Crippen LogP contribution in [0.1, 0.15) is 39.2 Å².